The van der Waals surface area contributed by atoms with Crippen LogP contribution in [0.5, 0.6) is 5.75 Å². The van der Waals surface area contributed by atoms with E-state index in [1.165, 1.54) is 12.1 Å². The average molecular weight is 250 g/mol. The van der Waals surface area contributed by atoms with E-state index in [9.17, 15) is 14.7 Å². The maximum Gasteiger partial charge on any atom is 0.377 e. The van der Waals surface area contributed by atoms with Gasteiger partial charge in [0, 0.05) is 16.7 Å². The van der Waals surface area contributed by atoms with Crippen molar-refractivity contribution in [2.75, 3.05) is 0 Å². The van der Waals surface area contributed by atoms with Crippen molar-refractivity contribution in [3.05, 3.63) is 49.1 Å². The van der Waals surface area contributed by atoms with Gasteiger partial charge in [-0.1, -0.05) is 31.4 Å². The van der Waals surface area contributed by atoms with Crippen LogP contribution < -0.4 is 0 Å². The molecule has 94 valence electrons. The third kappa shape index (κ3) is 3.46. The molecule has 1 rings (SSSR count). The van der Waals surface area contributed by atoms with Gasteiger partial charge in [-0.15, -0.1) is 0 Å². The van der Waals surface area contributed by atoms with Crippen LogP contribution in [0.2, 0.25) is 0 Å². The number of carbonyl (C=O) groups is 2. The van der Waals surface area contributed by atoms with E-state index in [0.29, 0.717) is 0 Å². The van der Waals surface area contributed by atoms with Gasteiger partial charge in [0.15, 0.2) is 0 Å². The summed E-state index contributed by atoms with van der Waals surface area (Å²) in [5.74, 6) is -2.06. The van der Waals surface area contributed by atoms with Crippen molar-refractivity contribution in [3.63, 3.8) is 0 Å². The molecular formula is C12H10O6. The van der Waals surface area contributed by atoms with Gasteiger partial charge >= 0.3 is 11.9 Å². The van der Waals surface area contributed by atoms with Crippen LogP contribution in [-0.4, -0.2) is 17.0 Å². The number of aromatic hydroxyl groups is 1. The topological polar surface area (TPSA) is 82.1 Å². The van der Waals surface area contributed by atoms with E-state index in [1.54, 1.807) is 12.1 Å². The lowest BCUT2D eigenvalue weighted by molar-refractivity contribution is -0.455. The number of carbonyl (C=O) groups excluding carboxylic acids is 2. The molecule has 1 aromatic carbocycles. The summed E-state index contributed by atoms with van der Waals surface area (Å²) < 4.78 is 0. The number of hydrogen-bond donors (Lipinski definition) is 1. The van der Waals surface area contributed by atoms with Crippen molar-refractivity contribution in [1.82, 2.24) is 0 Å². The summed E-state index contributed by atoms with van der Waals surface area (Å²) in [6.07, 6.45) is 0.825. The minimum atomic E-state index is -1.01. The molecular weight excluding hydrogens is 240 g/mol. The lowest BCUT2D eigenvalue weighted by atomic mass is 10.1. The van der Waals surface area contributed by atoms with Crippen molar-refractivity contribution in [1.29, 1.82) is 0 Å². The fourth-order valence-electron chi connectivity index (χ4n) is 1.00. The van der Waals surface area contributed by atoms with Crippen molar-refractivity contribution >= 4 is 17.5 Å². The highest BCUT2D eigenvalue weighted by Crippen LogP contribution is 2.24. The Morgan fingerprint density at radius 2 is 1.89 bits per heavy atom. The molecule has 0 bridgehead atoms. The maximum atomic E-state index is 11.4. The summed E-state index contributed by atoms with van der Waals surface area (Å²) in [7, 11) is 0. The Morgan fingerprint density at radius 3 is 2.50 bits per heavy atom. The van der Waals surface area contributed by atoms with Crippen molar-refractivity contribution in [2.45, 2.75) is 0 Å². The number of phenols is 1. The predicted molar refractivity (Wildman–Crippen MR) is 60.6 cm³/mol. The highest BCUT2D eigenvalue weighted by atomic mass is 17.5. The molecule has 6 heteroatoms. The predicted octanol–water partition coefficient (Wildman–Crippen LogP) is 1.52. The van der Waals surface area contributed by atoms with Gasteiger partial charge in [0.1, 0.15) is 5.75 Å². The van der Waals surface area contributed by atoms with E-state index in [0.717, 1.165) is 6.08 Å². The molecule has 0 aromatic heterocycles. The SMILES string of the molecule is C=CC(=O)OOOC(=O)C(=C)c1ccccc1O. The van der Waals surface area contributed by atoms with Crippen LogP contribution in [0.15, 0.2) is 43.5 Å². The Balaban J connectivity index is 2.57. The normalized spacial score (nSPS) is 9.33. The first-order valence-electron chi connectivity index (χ1n) is 4.75. The highest BCUT2D eigenvalue weighted by Gasteiger charge is 2.16. The highest BCUT2D eigenvalue weighted by molar-refractivity contribution is 6.16. The van der Waals surface area contributed by atoms with Crippen LogP contribution in [0, 0.1) is 0 Å². The standard InChI is InChI=1S/C12H10O6/c1-3-11(14)16-18-17-12(15)8(2)9-6-4-5-7-10(9)13/h3-7,13H,1-2H2. The van der Waals surface area contributed by atoms with Crippen LogP contribution in [0.25, 0.3) is 5.57 Å². The minimum Gasteiger partial charge on any atom is -0.507 e. The zero-order chi connectivity index (χ0) is 13.5. The summed E-state index contributed by atoms with van der Waals surface area (Å²) in [4.78, 5) is 30.1. The molecule has 0 aliphatic rings. The third-order valence-corrected chi connectivity index (χ3v) is 1.87. The fraction of sp³-hybridized carbons (Fsp3) is 0. The lowest BCUT2D eigenvalue weighted by Gasteiger charge is -2.05. The van der Waals surface area contributed by atoms with Crippen LogP contribution in [0.3, 0.4) is 0 Å². The second-order valence-electron chi connectivity index (χ2n) is 3.04. The Morgan fingerprint density at radius 1 is 1.22 bits per heavy atom. The first-order valence-corrected chi connectivity index (χ1v) is 4.75. The van der Waals surface area contributed by atoms with E-state index in [4.69, 9.17) is 0 Å². The molecule has 0 aliphatic heterocycles. The summed E-state index contributed by atoms with van der Waals surface area (Å²) in [5.41, 5.74) is 0.0314. The Bertz CT molecular complexity index is 491. The monoisotopic (exact) mass is 250 g/mol. The van der Waals surface area contributed by atoms with Gasteiger partial charge in [-0.2, -0.15) is 0 Å². The molecule has 18 heavy (non-hydrogen) atoms. The Kier molecular flexibility index (Phi) is 4.65. The van der Waals surface area contributed by atoms with E-state index < -0.39 is 11.9 Å². The molecule has 6 nitrogen and oxygen atoms in total. The smallest absolute Gasteiger partial charge is 0.377 e. The van der Waals surface area contributed by atoms with Crippen LogP contribution in [0.1, 0.15) is 5.56 Å². The number of rotatable bonds is 5. The van der Waals surface area contributed by atoms with Crippen molar-refractivity contribution < 1.29 is 29.5 Å². The molecule has 1 N–H and O–H groups in total. The summed E-state index contributed by atoms with van der Waals surface area (Å²) >= 11 is 0. The molecule has 0 heterocycles. The first-order chi connectivity index (χ1) is 8.56. The van der Waals surface area contributed by atoms with E-state index in [2.05, 4.69) is 28.0 Å². The number of hydrogen-bond acceptors (Lipinski definition) is 6. The summed E-state index contributed by atoms with van der Waals surface area (Å²) in [6, 6.07) is 6.03. The zero-order valence-electron chi connectivity index (χ0n) is 9.29. The molecule has 0 aliphatic carbocycles. The zero-order valence-corrected chi connectivity index (χ0v) is 9.29. The number of para-hydroxylation sites is 1. The molecule has 0 saturated heterocycles. The van der Waals surface area contributed by atoms with E-state index >= 15 is 0 Å². The lowest BCUT2D eigenvalue weighted by Crippen LogP contribution is -2.10. The van der Waals surface area contributed by atoms with Gasteiger partial charge in [-0.25, -0.2) is 9.59 Å². The molecule has 0 spiro atoms. The summed E-state index contributed by atoms with van der Waals surface area (Å²) in [6.45, 7) is 6.54. The van der Waals surface area contributed by atoms with Gasteiger partial charge in [-0.3, -0.25) is 9.78 Å². The maximum absolute atomic E-state index is 11.4. The van der Waals surface area contributed by atoms with Crippen LogP contribution in [-0.2, 0) is 24.4 Å². The molecule has 0 unspecified atom stereocenters. The molecule has 0 radical (unpaired) electrons. The Hall–Kier alpha value is -2.60. The Labute approximate surface area is 103 Å². The molecule has 1 aromatic rings. The van der Waals surface area contributed by atoms with Gasteiger partial charge in [0.25, 0.3) is 0 Å². The average Bonchev–Trinajstić information content (AvgIpc) is 2.38. The molecule has 0 atom stereocenters. The summed E-state index contributed by atoms with van der Waals surface area (Å²) in [5, 5.41) is 13.4. The fourth-order valence-corrected chi connectivity index (χ4v) is 1.00. The largest absolute Gasteiger partial charge is 0.507 e. The molecule has 0 amide bonds. The quantitative estimate of drug-likeness (QED) is 0.484. The molecule has 0 saturated carbocycles. The first kappa shape index (κ1) is 13.5. The van der Waals surface area contributed by atoms with Gasteiger partial charge < -0.3 is 5.11 Å². The second kappa shape index (κ2) is 6.21. The number of benzene rings is 1. The molecule has 0 fully saturated rings. The van der Waals surface area contributed by atoms with Crippen LogP contribution in [0.4, 0.5) is 0 Å². The van der Waals surface area contributed by atoms with Gasteiger partial charge in [0.05, 0.1) is 5.57 Å². The minimum absolute atomic E-state index is 0.137. The van der Waals surface area contributed by atoms with Crippen molar-refractivity contribution in [2.24, 2.45) is 0 Å². The van der Waals surface area contributed by atoms with Crippen molar-refractivity contribution in [3.8, 4) is 5.75 Å². The third-order valence-electron chi connectivity index (χ3n) is 1.87. The second-order valence-corrected chi connectivity index (χ2v) is 3.04. The van der Waals surface area contributed by atoms with E-state index in [-0.39, 0.29) is 16.9 Å². The van der Waals surface area contributed by atoms with E-state index in [1.807, 2.05) is 0 Å². The van der Waals surface area contributed by atoms with Gasteiger partial charge in [0.2, 0.25) is 0 Å². The van der Waals surface area contributed by atoms with Gasteiger partial charge in [-0.05, 0) is 6.07 Å². The number of phenolic OH excluding ortho intramolecular Hbond substituents is 1. The van der Waals surface area contributed by atoms with Crippen LogP contribution >= 0.6 is 0 Å².